The highest BCUT2D eigenvalue weighted by Gasteiger charge is 2.38. The van der Waals surface area contributed by atoms with Crippen LogP contribution in [0.3, 0.4) is 0 Å². The van der Waals surface area contributed by atoms with E-state index in [1.165, 1.54) is 12.4 Å². The zero-order valence-electron chi connectivity index (χ0n) is 12.2. The lowest BCUT2D eigenvalue weighted by Crippen LogP contribution is -2.47. The Bertz CT molecular complexity index is 467. The van der Waals surface area contributed by atoms with E-state index in [0.29, 0.717) is 13.2 Å². The summed E-state index contributed by atoms with van der Waals surface area (Å²) in [7, 11) is 1.64. The molecule has 0 radical (unpaired) electrons. The van der Waals surface area contributed by atoms with Crippen molar-refractivity contribution in [3.8, 4) is 0 Å². The van der Waals surface area contributed by atoms with Gasteiger partial charge in [-0.15, -0.1) is 0 Å². The van der Waals surface area contributed by atoms with Gasteiger partial charge in [-0.05, 0) is 19.7 Å². The molecule has 0 saturated carbocycles. The van der Waals surface area contributed by atoms with Gasteiger partial charge >= 0.3 is 6.18 Å². The molecule has 0 amide bonds. The Morgan fingerprint density at radius 1 is 1.52 bits per heavy atom. The Morgan fingerprint density at radius 2 is 2.29 bits per heavy atom. The Hall–Kier alpha value is -1.18. The number of hydrogen-bond donors (Lipinski definition) is 1. The first-order valence-corrected chi connectivity index (χ1v) is 6.99. The minimum atomic E-state index is -4.40. The highest BCUT2D eigenvalue weighted by Crippen LogP contribution is 2.35. The summed E-state index contributed by atoms with van der Waals surface area (Å²) in [6.07, 6.45) is -2.28. The first kappa shape index (κ1) is 16.2. The van der Waals surface area contributed by atoms with E-state index < -0.39 is 17.8 Å². The minimum Gasteiger partial charge on any atom is -0.374 e. The van der Waals surface area contributed by atoms with Gasteiger partial charge in [0.1, 0.15) is 0 Å². The first-order chi connectivity index (χ1) is 9.97. The molecule has 2 heterocycles. The van der Waals surface area contributed by atoms with Crippen LogP contribution in [0.5, 0.6) is 0 Å². The lowest BCUT2D eigenvalue weighted by atomic mass is 9.97. The normalized spacial score (nSPS) is 22.2. The van der Waals surface area contributed by atoms with Gasteiger partial charge in [-0.1, -0.05) is 6.92 Å². The van der Waals surface area contributed by atoms with Crippen LogP contribution < -0.4 is 5.32 Å². The van der Waals surface area contributed by atoms with Gasteiger partial charge in [0.2, 0.25) is 0 Å². The van der Waals surface area contributed by atoms with Gasteiger partial charge in [0.25, 0.3) is 0 Å². The van der Waals surface area contributed by atoms with Gasteiger partial charge in [-0.3, -0.25) is 9.88 Å². The maximum Gasteiger partial charge on any atom is 0.416 e. The summed E-state index contributed by atoms with van der Waals surface area (Å²) >= 11 is 0. The highest BCUT2D eigenvalue weighted by atomic mass is 19.4. The van der Waals surface area contributed by atoms with E-state index in [2.05, 4.69) is 15.2 Å². The largest absolute Gasteiger partial charge is 0.416 e. The average molecular weight is 303 g/mol. The van der Waals surface area contributed by atoms with Gasteiger partial charge < -0.3 is 10.1 Å². The standard InChI is InChI=1S/C14H20F3N3O/c1-3-20-6-7-21-12(9-20)13(18-2)10-8-19-5-4-11(10)14(15,16)17/h4-5,8,12-13,18H,3,6-7,9H2,1-2H3. The van der Waals surface area contributed by atoms with Crippen molar-refractivity contribution in [1.29, 1.82) is 0 Å². The number of ether oxygens (including phenoxy) is 1. The predicted octanol–water partition coefficient (Wildman–Crippen LogP) is 2.08. The second-order valence-corrected chi connectivity index (χ2v) is 5.03. The molecule has 7 heteroatoms. The summed E-state index contributed by atoms with van der Waals surface area (Å²) in [4.78, 5) is 6.02. The van der Waals surface area contributed by atoms with Crippen molar-refractivity contribution in [2.24, 2.45) is 0 Å². The lowest BCUT2D eigenvalue weighted by molar-refractivity contribution is -0.139. The van der Waals surface area contributed by atoms with E-state index in [1.807, 2.05) is 6.92 Å². The monoisotopic (exact) mass is 303 g/mol. The molecule has 1 saturated heterocycles. The lowest BCUT2D eigenvalue weighted by Gasteiger charge is -2.37. The maximum absolute atomic E-state index is 13.1. The minimum absolute atomic E-state index is 0.135. The zero-order chi connectivity index (χ0) is 15.5. The van der Waals surface area contributed by atoms with E-state index in [9.17, 15) is 13.2 Å². The third-order valence-corrected chi connectivity index (χ3v) is 3.80. The van der Waals surface area contributed by atoms with Crippen molar-refractivity contribution in [2.75, 3.05) is 33.3 Å². The van der Waals surface area contributed by atoms with Crippen LogP contribution in [0.25, 0.3) is 0 Å². The molecule has 1 aromatic heterocycles. The second-order valence-electron chi connectivity index (χ2n) is 5.03. The van der Waals surface area contributed by atoms with Crippen LogP contribution in [0.2, 0.25) is 0 Å². The molecule has 0 spiro atoms. The van der Waals surface area contributed by atoms with Gasteiger partial charge in [-0.25, -0.2) is 0 Å². The molecule has 1 aromatic rings. The number of alkyl halides is 3. The molecule has 1 N–H and O–H groups in total. The third-order valence-electron chi connectivity index (χ3n) is 3.80. The molecular weight excluding hydrogens is 283 g/mol. The van der Waals surface area contributed by atoms with Crippen molar-refractivity contribution < 1.29 is 17.9 Å². The van der Waals surface area contributed by atoms with E-state index in [0.717, 1.165) is 19.2 Å². The predicted molar refractivity (Wildman–Crippen MR) is 72.9 cm³/mol. The summed E-state index contributed by atoms with van der Waals surface area (Å²) < 4.78 is 45.1. The molecule has 1 fully saturated rings. The van der Waals surface area contributed by atoms with Gasteiger partial charge in [0.05, 0.1) is 24.3 Å². The molecule has 21 heavy (non-hydrogen) atoms. The Labute approximate surface area is 122 Å². The summed E-state index contributed by atoms with van der Waals surface area (Å²) in [5.41, 5.74) is -0.524. The van der Waals surface area contributed by atoms with Crippen LogP contribution in [0.15, 0.2) is 18.5 Å². The fourth-order valence-electron chi connectivity index (χ4n) is 2.67. The molecule has 0 aromatic carbocycles. The quantitative estimate of drug-likeness (QED) is 0.924. The molecule has 1 aliphatic rings. The molecule has 2 atom stereocenters. The average Bonchev–Trinajstić information content (AvgIpc) is 2.48. The number of likely N-dealkylation sites (N-methyl/N-ethyl adjacent to an activating group) is 2. The number of nitrogens with zero attached hydrogens (tertiary/aromatic N) is 2. The number of pyridine rings is 1. The van der Waals surface area contributed by atoms with Gasteiger partial charge in [0.15, 0.2) is 0 Å². The number of morpholine rings is 1. The van der Waals surface area contributed by atoms with Crippen LogP contribution in [0, 0.1) is 0 Å². The molecule has 1 aliphatic heterocycles. The maximum atomic E-state index is 13.1. The van der Waals surface area contributed by atoms with E-state index in [-0.39, 0.29) is 11.7 Å². The topological polar surface area (TPSA) is 37.4 Å². The van der Waals surface area contributed by atoms with Crippen LogP contribution in [-0.4, -0.2) is 49.3 Å². The SMILES string of the molecule is CCN1CCOC(C(NC)c2cnccc2C(F)(F)F)C1. The van der Waals surface area contributed by atoms with E-state index >= 15 is 0 Å². The fraction of sp³-hybridized carbons (Fsp3) is 0.643. The highest BCUT2D eigenvalue weighted by molar-refractivity contribution is 5.30. The summed E-state index contributed by atoms with van der Waals surface area (Å²) in [6.45, 7) is 4.83. The van der Waals surface area contributed by atoms with Crippen LogP contribution in [-0.2, 0) is 10.9 Å². The van der Waals surface area contributed by atoms with Crippen molar-refractivity contribution in [1.82, 2.24) is 15.2 Å². The Balaban J connectivity index is 2.29. The van der Waals surface area contributed by atoms with Crippen molar-refractivity contribution in [2.45, 2.75) is 25.2 Å². The van der Waals surface area contributed by atoms with Gasteiger partial charge in [0, 0.05) is 31.0 Å². The third kappa shape index (κ3) is 3.72. The van der Waals surface area contributed by atoms with Gasteiger partial charge in [-0.2, -0.15) is 13.2 Å². The number of hydrogen-bond acceptors (Lipinski definition) is 4. The van der Waals surface area contributed by atoms with Crippen molar-refractivity contribution in [3.05, 3.63) is 29.6 Å². The Morgan fingerprint density at radius 3 is 2.90 bits per heavy atom. The molecule has 2 rings (SSSR count). The first-order valence-electron chi connectivity index (χ1n) is 6.99. The summed E-state index contributed by atoms with van der Waals surface area (Å²) in [5.74, 6) is 0. The molecule has 118 valence electrons. The molecule has 4 nitrogen and oxygen atoms in total. The van der Waals surface area contributed by atoms with Crippen molar-refractivity contribution >= 4 is 0 Å². The zero-order valence-corrected chi connectivity index (χ0v) is 12.2. The van der Waals surface area contributed by atoms with Crippen LogP contribution in [0.4, 0.5) is 13.2 Å². The fourth-order valence-corrected chi connectivity index (χ4v) is 2.67. The molecule has 0 aliphatic carbocycles. The second kappa shape index (κ2) is 6.72. The van der Waals surface area contributed by atoms with Crippen molar-refractivity contribution in [3.63, 3.8) is 0 Å². The summed E-state index contributed by atoms with van der Waals surface area (Å²) in [5, 5.41) is 2.95. The molecule has 0 bridgehead atoms. The van der Waals surface area contributed by atoms with Crippen LogP contribution in [0.1, 0.15) is 24.1 Å². The summed E-state index contributed by atoms with van der Waals surface area (Å²) in [6, 6.07) is 0.477. The smallest absolute Gasteiger partial charge is 0.374 e. The number of halogens is 3. The van der Waals surface area contributed by atoms with Crippen LogP contribution >= 0.6 is 0 Å². The molecule has 2 unspecified atom stereocenters. The Kier molecular flexibility index (Phi) is 5.18. The number of aromatic nitrogens is 1. The molecular formula is C14H20F3N3O. The number of rotatable bonds is 4. The van der Waals surface area contributed by atoms with E-state index in [1.54, 1.807) is 7.05 Å². The van der Waals surface area contributed by atoms with E-state index in [4.69, 9.17) is 4.74 Å². The number of nitrogens with one attached hydrogen (secondary N) is 1.